The van der Waals surface area contributed by atoms with Crippen molar-refractivity contribution < 1.29 is 4.79 Å². The molecule has 1 heterocycles. The highest BCUT2D eigenvalue weighted by atomic mass is 79.9. The molecule has 2 amide bonds. The molecule has 2 aromatic carbocycles. The number of anilines is 1. The number of halogens is 1. The van der Waals surface area contributed by atoms with Crippen LogP contribution in [-0.4, -0.2) is 15.8 Å². The molecule has 1 aromatic heterocycles. The fraction of sp³-hybridized carbons (Fsp3) is 0.0556. The predicted octanol–water partition coefficient (Wildman–Crippen LogP) is 4.27. The highest BCUT2D eigenvalue weighted by molar-refractivity contribution is 9.10. The lowest BCUT2D eigenvalue weighted by atomic mass is 10.1. The average molecular weight is 397 g/mol. The van der Waals surface area contributed by atoms with Gasteiger partial charge in [-0.05, 0) is 40.2 Å². The van der Waals surface area contributed by atoms with E-state index in [-0.39, 0.29) is 0 Å². The average Bonchev–Trinajstić information content (AvgIpc) is 2.97. The SMILES string of the molecule is Cn1cc(Br)c(-c2cccc(NNC(=O)[N+]#Cc3ccccc3)c2)n1. The second kappa shape index (κ2) is 7.64. The quantitative estimate of drug-likeness (QED) is 0.649. The van der Waals surface area contributed by atoms with Crippen LogP contribution in [0.25, 0.3) is 16.1 Å². The smallest absolute Gasteiger partial charge is 0.274 e. The van der Waals surface area contributed by atoms with Crippen LogP contribution in [0.3, 0.4) is 0 Å². The summed E-state index contributed by atoms with van der Waals surface area (Å²) >= 11 is 3.49. The van der Waals surface area contributed by atoms with Crippen LogP contribution in [0.5, 0.6) is 0 Å². The summed E-state index contributed by atoms with van der Waals surface area (Å²) in [7, 11) is 1.86. The lowest BCUT2D eigenvalue weighted by molar-refractivity contribution is 0.256. The molecular formula is C18H15BrN5O+. The number of hydrazine groups is 1. The minimum atomic E-state index is -0.534. The third kappa shape index (κ3) is 4.46. The van der Waals surface area contributed by atoms with Crippen LogP contribution in [0.1, 0.15) is 5.56 Å². The summed E-state index contributed by atoms with van der Waals surface area (Å²) in [6.45, 7) is 0. The first-order valence-corrected chi connectivity index (χ1v) is 8.28. The number of carbonyl (C=O) groups is 1. The predicted molar refractivity (Wildman–Crippen MR) is 101 cm³/mol. The summed E-state index contributed by atoms with van der Waals surface area (Å²) in [4.78, 5) is 15.5. The normalized spacial score (nSPS) is 9.84. The van der Waals surface area contributed by atoms with Gasteiger partial charge in [-0.1, -0.05) is 30.3 Å². The zero-order valence-electron chi connectivity index (χ0n) is 13.4. The van der Waals surface area contributed by atoms with Crippen molar-refractivity contribution in [2.24, 2.45) is 7.05 Å². The molecule has 3 rings (SSSR count). The van der Waals surface area contributed by atoms with Crippen molar-refractivity contribution in [3.05, 3.63) is 75.7 Å². The van der Waals surface area contributed by atoms with Gasteiger partial charge in [0, 0.05) is 18.8 Å². The second-order valence-corrected chi connectivity index (χ2v) is 6.08. The first-order valence-electron chi connectivity index (χ1n) is 7.49. The van der Waals surface area contributed by atoms with Gasteiger partial charge in [-0.2, -0.15) is 9.89 Å². The number of carbonyl (C=O) groups excluding carboxylic acids is 1. The van der Waals surface area contributed by atoms with E-state index >= 15 is 0 Å². The monoisotopic (exact) mass is 396 g/mol. The molecule has 0 spiro atoms. The van der Waals surface area contributed by atoms with E-state index in [2.05, 4.69) is 42.8 Å². The zero-order valence-corrected chi connectivity index (χ0v) is 15.0. The van der Waals surface area contributed by atoms with Gasteiger partial charge in [0.2, 0.25) is 0 Å². The van der Waals surface area contributed by atoms with Crippen molar-refractivity contribution in [2.45, 2.75) is 0 Å². The van der Waals surface area contributed by atoms with E-state index in [1.54, 1.807) is 4.68 Å². The number of hydrogen-bond acceptors (Lipinski definition) is 3. The van der Waals surface area contributed by atoms with Crippen LogP contribution in [0, 0.1) is 6.07 Å². The van der Waals surface area contributed by atoms with Gasteiger partial charge in [0.15, 0.2) is 6.07 Å². The van der Waals surface area contributed by atoms with Crippen LogP contribution < -0.4 is 10.9 Å². The number of aryl methyl sites for hydroxylation is 1. The Labute approximate surface area is 153 Å². The molecule has 25 heavy (non-hydrogen) atoms. The van der Waals surface area contributed by atoms with Crippen molar-refractivity contribution in [1.82, 2.24) is 15.2 Å². The molecule has 3 aromatic rings. The van der Waals surface area contributed by atoms with Crippen LogP contribution in [0.2, 0.25) is 0 Å². The van der Waals surface area contributed by atoms with Crippen molar-refractivity contribution >= 4 is 27.6 Å². The van der Waals surface area contributed by atoms with E-state index in [9.17, 15) is 4.79 Å². The third-order valence-corrected chi connectivity index (χ3v) is 3.87. The molecule has 124 valence electrons. The summed E-state index contributed by atoms with van der Waals surface area (Å²) in [5.41, 5.74) is 8.55. The van der Waals surface area contributed by atoms with Gasteiger partial charge in [0.1, 0.15) is 5.69 Å². The van der Waals surface area contributed by atoms with Crippen LogP contribution >= 0.6 is 15.9 Å². The third-order valence-electron chi connectivity index (χ3n) is 3.29. The molecule has 0 bridgehead atoms. The molecule has 0 unspecified atom stereocenters. The maximum absolute atomic E-state index is 11.8. The van der Waals surface area contributed by atoms with Gasteiger partial charge < -0.3 is 0 Å². The van der Waals surface area contributed by atoms with Crippen LogP contribution in [0.4, 0.5) is 10.5 Å². The molecule has 0 atom stereocenters. The molecule has 2 N–H and O–H groups in total. The molecule has 7 heteroatoms. The Hall–Kier alpha value is -3.11. The van der Waals surface area contributed by atoms with Crippen molar-refractivity contribution in [2.75, 3.05) is 5.43 Å². The first kappa shape index (κ1) is 16.7. The summed E-state index contributed by atoms with van der Waals surface area (Å²) < 4.78 is 2.63. The topological polar surface area (TPSA) is 63.3 Å². The summed E-state index contributed by atoms with van der Waals surface area (Å²) in [6, 6.07) is 18.9. The van der Waals surface area contributed by atoms with Crippen LogP contribution in [-0.2, 0) is 7.05 Å². The lowest BCUT2D eigenvalue weighted by Crippen LogP contribution is -2.25. The largest absolute Gasteiger partial charge is 0.622 e. The second-order valence-electron chi connectivity index (χ2n) is 5.22. The molecule has 0 saturated carbocycles. The minimum Gasteiger partial charge on any atom is -0.274 e. The number of rotatable bonds is 3. The number of urea groups is 1. The number of amides is 2. The number of hydrogen-bond donors (Lipinski definition) is 2. The molecule has 0 fully saturated rings. The van der Waals surface area contributed by atoms with Gasteiger partial charge in [0.25, 0.3) is 0 Å². The standard InChI is InChI=1S/C18H14BrN5O/c1-24-12-16(19)17(23-24)14-8-5-9-15(10-14)21-22-18(25)20-11-13-6-3-2-4-7-13/h2-10,12,21H,1H3/p+1. The zero-order chi connectivity index (χ0) is 17.6. The van der Waals surface area contributed by atoms with Crippen molar-refractivity contribution in [3.63, 3.8) is 0 Å². The molecule has 6 nitrogen and oxygen atoms in total. The highest BCUT2D eigenvalue weighted by Crippen LogP contribution is 2.27. The Balaban J connectivity index is 1.66. The molecule has 0 aliphatic carbocycles. The summed E-state index contributed by atoms with van der Waals surface area (Å²) in [5, 5.41) is 4.41. The van der Waals surface area contributed by atoms with Gasteiger partial charge in [0.05, 0.1) is 15.7 Å². The molecule has 0 aliphatic rings. The maximum atomic E-state index is 11.8. The van der Waals surface area contributed by atoms with Crippen molar-refractivity contribution in [1.29, 1.82) is 0 Å². The summed E-state index contributed by atoms with van der Waals surface area (Å²) in [5.74, 6) is 0. The van der Waals surface area contributed by atoms with E-state index in [4.69, 9.17) is 0 Å². The molecular weight excluding hydrogens is 382 g/mol. The Kier molecular flexibility index (Phi) is 5.11. The van der Waals surface area contributed by atoms with Gasteiger partial charge >= 0.3 is 6.03 Å². The first-order chi connectivity index (χ1) is 12.1. The van der Waals surface area contributed by atoms with E-state index in [1.165, 1.54) is 0 Å². The Morgan fingerprint density at radius 1 is 1.20 bits per heavy atom. The van der Waals surface area contributed by atoms with E-state index in [1.807, 2.05) is 67.8 Å². The Morgan fingerprint density at radius 2 is 2.00 bits per heavy atom. The highest BCUT2D eigenvalue weighted by Gasteiger charge is 2.11. The van der Waals surface area contributed by atoms with Crippen LogP contribution in [0.15, 0.2) is 65.3 Å². The maximum Gasteiger partial charge on any atom is 0.622 e. The Bertz CT molecular complexity index is 956. The molecule has 0 radical (unpaired) electrons. The summed E-state index contributed by atoms with van der Waals surface area (Å²) in [6.07, 6.45) is 1.88. The Morgan fingerprint density at radius 3 is 2.72 bits per heavy atom. The number of aromatic nitrogens is 2. The minimum absolute atomic E-state index is 0.534. The van der Waals surface area contributed by atoms with Gasteiger partial charge in [-0.3, -0.25) is 4.68 Å². The van der Waals surface area contributed by atoms with E-state index in [0.29, 0.717) is 0 Å². The lowest BCUT2D eigenvalue weighted by Gasteiger charge is -2.03. The van der Waals surface area contributed by atoms with Crippen molar-refractivity contribution in [3.8, 4) is 17.3 Å². The van der Waals surface area contributed by atoms with Gasteiger partial charge in [-0.15, -0.1) is 10.3 Å². The van der Waals surface area contributed by atoms with E-state index in [0.717, 1.165) is 27.0 Å². The number of nitrogens with one attached hydrogen (secondary N) is 2. The fourth-order valence-electron chi connectivity index (χ4n) is 2.18. The fourth-order valence-corrected chi connectivity index (χ4v) is 2.79. The van der Waals surface area contributed by atoms with E-state index < -0.39 is 6.03 Å². The molecule has 0 saturated heterocycles. The number of nitrogens with zero attached hydrogens (tertiary/aromatic N) is 3. The number of benzene rings is 2. The van der Waals surface area contributed by atoms with Gasteiger partial charge in [-0.25, -0.2) is 5.43 Å². The molecule has 0 aliphatic heterocycles.